The third-order valence-corrected chi connectivity index (χ3v) is 4.03. The molecule has 0 radical (unpaired) electrons. The van der Waals surface area contributed by atoms with E-state index in [4.69, 9.17) is 4.74 Å². The maximum Gasteiger partial charge on any atom is 0.338 e. The van der Waals surface area contributed by atoms with Crippen LogP contribution in [0.3, 0.4) is 0 Å². The van der Waals surface area contributed by atoms with E-state index in [1.165, 1.54) is 0 Å². The molecule has 150 valence electrons. The Morgan fingerprint density at radius 2 is 1.50 bits per heavy atom. The molecule has 0 aliphatic rings. The van der Waals surface area contributed by atoms with Gasteiger partial charge in [-0.1, -0.05) is 48.5 Å². The fourth-order valence-corrected chi connectivity index (χ4v) is 2.69. The predicted molar refractivity (Wildman–Crippen MR) is 106 cm³/mol. The van der Waals surface area contributed by atoms with Gasteiger partial charge in [-0.05, 0) is 44.9 Å². The van der Waals surface area contributed by atoms with Crippen LogP contribution in [0.1, 0.15) is 36.7 Å². The molecule has 0 heterocycles. The first-order valence-corrected chi connectivity index (χ1v) is 9.16. The van der Waals surface area contributed by atoms with Crippen LogP contribution in [0.15, 0.2) is 60.7 Å². The number of aliphatic hydroxyl groups is 2. The highest BCUT2D eigenvalue weighted by atomic mass is 16.6. The zero-order valence-corrected chi connectivity index (χ0v) is 16.3. The standard InChI is InChI=1S/C22H27NO5/c1-22(2,3)28-21(27)19(25)18(24)17(14-15-10-6-4-7-11-15)23-20(26)16-12-8-5-9-13-16/h4-13,17-19,24-25H,14H2,1-3H3,(H,23,26)/t17-,18+,19-/m0/s1. The second-order valence-corrected chi connectivity index (χ2v) is 7.60. The van der Waals surface area contributed by atoms with Crippen molar-refractivity contribution >= 4 is 11.9 Å². The molecule has 0 bridgehead atoms. The number of amides is 1. The van der Waals surface area contributed by atoms with Crippen molar-refractivity contribution in [3.63, 3.8) is 0 Å². The van der Waals surface area contributed by atoms with Crippen molar-refractivity contribution in [3.05, 3.63) is 71.8 Å². The van der Waals surface area contributed by atoms with Gasteiger partial charge < -0.3 is 20.3 Å². The number of aliphatic hydroxyl groups excluding tert-OH is 2. The maximum absolute atomic E-state index is 12.6. The number of benzene rings is 2. The van der Waals surface area contributed by atoms with Gasteiger partial charge in [-0.15, -0.1) is 0 Å². The zero-order valence-electron chi connectivity index (χ0n) is 16.3. The van der Waals surface area contributed by atoms with Crippen LogP contribution in [0.25, 0.3) is 0 Å². The number of carbonyl (C=O) groups excluding carboxylic acids is 2. The molecule has 0 aromatic heterocycles. The van der Waals surface area contributed by atoms with Crippen molar-refractivity contribution in [2.45, 2.75) is 51.0 Å². The van der Waals surface area contributed by atoms with E-state index in [-0.39, 0.29) is 6.42 Å². The summed E-state index contributed by atoms with van der Waals surface area (Å²) in [6.45, 7) is 5.01. The highest BCUT2D eigenvalue weighted by Gasteiger charge is 2.35. The molecule has 1 amide bonds. The van der Waals surface area contributed by atoms with Gasteiger partial charge >= 0.3 is 5.97 Å². The van der Waals surface area contributed by atoms with Crippen molar-refractivity contribution in [2.24, 2.45) is 0 Å². The summed E-state index contributed by atoms with van der Waals surface area (Å²) in [6, 6.07) is 16.9. The van der Waals surface area contributed by atoms with Crippen LogP contribution in [-0.4, -0.2) is 45.9 Å². The van der Waals surface area contributed by atoms with Crippen LogP contribution in [-0.2, 0) is 16.0 Å². The van der Waals surface area contributed by atoms with Crippen molar-refractivity contribution < 1.29 is 24.5 Å². The Balaban J connectivity index is 2.19. The SMILES string of the molecule is CC(C)(C)OC(=O)[C@@H](O)[C@H](O)[C@H](Cc1ccccc1)NC(=O)c1ccccc1. The van der Waals surface area contributed by atoms with Crippen LogP contribution in [0.5, 0.6) is 0 Å². The summed E-state index contributed by atoms with van der Waals surface area (Å²) >= 11 is 0. The second kappa shape index (κ2) is 9.48. The fraction of sp³-hybridized carbons (Fsp3) is 0.364. The van der Waals surface area contributed by atoms with E-state index in [1.807, 2.05) is 30.3 Å². The van der Waals surface area contributed by atoms with Gasteiger partial charge in [0.05, 0.1) is 6.04 Å². The summed E-state index contributed by atoms with van der Waals surface area (Å²) in [5.41, 5.74) is 0.454. The molecule has 2 rings (SSSR count). The lowest BCUT2D eigenvalue weighted by molar-refractivity contribution is -0.172. The van der Waals surface area contributed by atoms with Crippen LogP contribution < -0.4 is 5.32 Å². The first kappa shape index (κ1) is 21.6. The monoisotopic (exact) mass is 385 g/mol. The molecule has 3 N–H and O–H groups in total. The van der Waals surface area contributed by atoms with Gasteiger partial charge in [0.1, 0.15) is 11.7 Å². The Morgan fingerprint density at radius 3 is 2.04 bits per heavy atom. The van der Waals surface area contributed by atoms with Gasteiger partial charge in [0.15, 0.2) is 6.10 Å². The molecule has 0 aliphatic heterocycles. The number of carbonyl (C=O) groups is 2. The molecule has 0 spiro atoms. The number of hydrogen-bond acceptors (Lipinski definition) is 5. The van der Waals surface area contributed by atoms with E-state index in [2.05, 4.69) is 5.32 Å². The Kier molecular flexibility index (Phi) is 7.31. The number of ether oxygens (including phenoxy) is 1. The summed E-state index contributed by atoms with van der Waals surface area (Å²) in [6.07, 6.45) is -3.09. The molecule has 2 aromatic rings. The van der Waals surface area contributed by atoms with Crippen LogP contribution >= 0.6 is 0 Å². The second-order valence-electron chi connectivity index (χ2n) is 7.60. The van der Waals surface area contributed by atoms with Gasteiger partial charge in [0.2, 0.25) is 0 Å². The molecular weight excluding hydrogens is 358 g/mol. The van der Waals surface area contributed by atoms with Crippen LogP contribution in [0.4, 0.5) is 0 Å². The smallest absolute Gasteiger partial charge is 0.338 e. The summed E-state index contributed by atoms with van der Waals surface area (Å²) in [4.78, 5) is 24.7. The van der Waals surface area contributed by atoms with E-state index in [1.54, 1.807) is 51.1 Å². The lowest BCUT2D eigenvalue weighted by Gasteiger charge is -2.29. The normalized spacial score (nSPS) is 14.6. The van der Waals surface area contributed by atoms with Gasteiger partial charge in [0, 0.05) is 5.56 Å². The Hall–Kier alpha value is -2.70. The molecule has 0 unspecified atom stereocenters. The lowest BCUT2D eigenvalue weighted by atomic mass is 9.97. The topological polar surface area (TPSA) is 95.9 Å². The fourth-order valence-electron chi connectivity index (χ4n) is 2.69. The third-order valence-electron chi connectivity index (χ3n) is 4.03. The molecule has 0 saturated heterocycles. The molecule has 0 fully saturated rings. The first-order valence-electron chi connectivity index (χ1n) is 9.16. The van der Waals surface area contributed by atoms with Gasteiger partial charge in [-0.3, -0.25) is 4.79 Å². The van der Waals surface area contributed by atoms with E-state index >= 15 is 0 Å². The first-order chi connectivity index (χ1) is 13.2. The number of hydrogen-bond donors (Lipinski definition) is 3. The minimum atomic E-state index is -1.79. The third kappa shape index (κ3) is 6.48. The number of esters is 1. The van der Waals surface area contributed by atoms with Gasteiger partial charge in [-0.2, -0.15) is 0 Å². The Labute approximate surface area is 165 Å². The minimum absolute atomic E-state index is 0.237. The molecule has 0 saturated carbocycles. The number of nitrogens with one attached hydrogen (secondary N) is 1. The van der Waals surface area contributed by atoms with Crippen molar-refractivity contribution in [1.29, 1.82) is 0 Å². The Morgan fingerprint density at radius 1 is 0.964 bits per heavy atom. The van der Waals surface area contributed by atoms with E-state index in [0.717, 1.165) is 5.56 Å². The van der Waals surface area contributed by atoms with Crippen molar-refractivity contribution in [3.8, 4) is 0 Å². The molecule has 2 aromatic carbocycles. The predicted octanol–water partition coefficient (Wildman–Crippen LogP) is 2.09. The van der Waals surface area contributed by atoms with Crippen molar-refractivity contribution in [1.82, 2.24) is 5.32 Å². The molecule has 0 aliphatic carbocycles. The summed E-state index contributed by atoms with van der Waals surface area (Å²) in [7, 11) is 0. The Bertz CT molecular complexity index is 771. The van der Waals surface area contributed by atoms with E-state index in [9.17, 15) is 19.8 Å². The zero-order chi connectivity index (χ0) is 20.7. The highest BCUT2D eigenvalue weighted by molar-refractivity contribution is 5.94. The molecule has 3 atom stereocenters. The van der Waals surface area contributed by atoms with E-state index in [0.29, 0.717) is 5.56 Å². The average molecular weight is 385 g/mol. The van der Waals surface area contributed by atoms with Crippen LogP contribution in [0, 0.1) is 0 Å². The minimum Gasteiger partial charge on any atom is -0.458 e. The quantitative estimate of drug-likeness (QED) is 0.635. The van der Waals surface area contributed by atoms with Gasteiger partial charge in [0.25, 0.3) is 5.91 Å². The summed E-state index contributed by atoms with van der Waals surface area (Å²) in [5.74, 6) is -1.34. The summed E-state index contributed by atoms with van der Waals surface area (Å²) in [5, 5.41) is 23.7. The van der Waals surface area contributed by atoms with Crippen molar-refractivity contribution in [2.75, 3.05) is 0 Å². The van der Waals surface area contributed by atoms with Gasteiger partial charge in [-0.25, -0.2) is 4.79 Å². The maximum atomic E-state index is 12.6. The lowest BCUT2D eigenvalue weighted by Crippen LogP contribution is -2.53. The van der Waals surface area contributed by atoms with E-state index < -0.39 is 35.7 Å². The average Bonchev–Trinajstić information content (AvgIpc) is 2.66. The number of rotatable bonds is 7. The molecule has 6 heteroatoms. The molecular formula is C22H27NO5. The molecule has 28 heavy (non-hydrogen) atoms. The van der Waals surface area contributed by atoms with Crippen LogP contribution in [0.2, 0.25) is 0 Å². The largest absolute Gasteiger partial charge is 0.458 e. The summed E-state index contributed by atoms with van der Waals surface area (Å²) < 4.78 is 5.15. The highest BCUT2D eigenvalue weighted by Crippen LogP contribution is 2.14. The molecule has 6 nitrogen and oxygen atoms in total.